The second kappa shape index (κ2) is 5.64. The number of ether oxygens (including phenoxy) is 1. The van der Waals surface area contributed by atoms with Gasteiger partial charge in [0.1, 0.15) is 0 Å². The van der Waals surface area contributed by atoms with Crippen molar-refractivity contribution in [3.63, 3.8) is 0 Å². The molecule has 4 nitrogen and oxygen atoms in total. The van der Waals surface area contributed by atoms with Gasteiger partial charge in [-0.15, -0.1) is 0 Å². The zero-order valence-electron chi connectivity index (χ0n) is 10.1. The maximum Gasteiger partial charge on any atom is 0.222 e. The highest BCUT2D eigenvalue weighted by Crippen LogP contribution is 2.20. The fourth-order valence-corrected chi connectivity index (χ4v) is 2.52. The summed E-state index contributed by atoms with van der Waals surface area (Å²) in [7, 11) is 1.94. The largest absolute Gasteiger partial charge is 0.381 e. The van der Waals surface area contributed by atoms with E-state index in [1.54, 1.807) is 0 Å². The first-order valence-corrected chi connectivity index (χ1v) is 6.31. The predicted octanol–water partition coefficient (Wildman–Crippen LogP) is 0.623. The fourth-order valence-electron chi connectivity index (χ4n) is 2.52. The summed E-state index contributed by atoms with van der Waals surface area (Å²) in [5.74, 6) is 0.846. The molecule has 0 aromatic rings. The maximum atomic E-state index is 12.1. The van der Waals surface area contributed by atoms with Crippen LogP contribution in [0.1, 0.15) is 25.7 Å². The number of amides is 1. The molecule has 92 valence electrons. The normalized spacial score (nSPS) is 26.9. The highest BCUT2D eigenvalue weighted by Gasteiger charge is 2.25. The van der Waals surface area contributed by atoms with Gasteiger partial charge in [0.25, 0.3) is 0 Å². The van der Waals surface area contributed by atoms with E-state index in [0.29, 0.717) is 24.3 Å². The molecule has 2 aliphatic rings. The van der Waals surface area contributed by atoms with Gasteiger partial charge in [-0.25, -0.2) is 0 Å². The number of hydrogen-bond acceptors (Lipinski definition) is 3. The number of likely N-dealkylation sites (N-methyl/N-ethyl adjacent to an activating group) is 1. The summed E-state index contributed by atoms with van der Waals surface area (Å²) in [6.45, 7) is 3.65. The standard InChI is InChI=1S/C12H22N2O2/c1-14(11-2-5-13-9-11)12(15)8-10-3-6-16-7-4-10/h10-11,13H,2-9H2,1H3/t11-/m1/s1. The third kappa shape index (κ3) is 2.95. The highest BCUT2D eigenvalue weighted by atomic mass is 16.5. The zero-order chi connectivity index (χ0) is 11.4. The topological polar surface area (TPSA) is 41.6 Å². The molecule has 0 spiro atoms. The van der Waals surface area contributed by atoms with Gasteiger partial charge in [0.15, 0.2) is 0 Å². The molecule has 0 radical (unpaired) electrons. The summed E-state index contributed by atoms with van der Waals surface area (Å²) >= 11 is 0. The molecule has 0 saturated carbocycles. The number of carbonyl (C=O) groups excluding carboxylic acids is 1. The number of nitrogens with zero attached hydrogens (tertiary/aromatic N) is 1. The molecule has 1 atom stereocenters. The van der Waals surface area contributed by atoms with Crippen LogP contribution >= 0.6 is 0 Å². The van der Waals surface area contributed by atoms with Gasteiger partial charge in [-0.3, -0.25) is 4.79 Å². The lowest BCUT2D eigenvalue weighted by molar-refractivity contribution is -0.133. The Morgan fingerprint density at radius 1 is 1.38 bits per heavy atom. The Morgan fingerprint density at radius 3 is 2.75 bits per heavy atom. The van der Waals surface area contributed by atoms with Gasteiger partial charge in [-0.05, 0) is 31.7 Å². The second-order valence-corrected chi connectivity index (χ2v) is 4.91. The minimum atomic E-state index is 0.306. The molecular formula is C12H22N2O2. The van der Waals surface area contributed by atoms with Crippen molar-refractivity contribution in [1.82, 2.24) is 10.2 Å². The molecule has 2 fully saturated rings. The van der Waals surface area contributed by atoms with Crippen molar-refractivity contribution >= 4 is 5.91 Å². The molecule has 2 heterocycles. The summed E-state index contributed by atoms with van der Waals surface area (Å²) in [5, 5.41) is 3.30. The van der Waals surface area contributed by atoms with Crippen LogP contribution in [0.5, 0.6) is 0 Å². The lowest BCUT2D eigenvalue weighted by atomic mass is 9.96. The summed E-state index contributed by atoms with van der Waals surface area (Å²) in [6, 6.07) is 0.410. The van der Waals surface area contributed by atoms with E-state index in [1.807, 2.05) is 11.9 Å². The van der Waals surface area contributed by atoms with E-state index in [9.17, 15) is 4.79 Å². The van der Waals surface area contributed by atoms with Crippen LogP contribution in [-0.4, -0.2) is 50.2 Å². The Morgan fingerprint density at radius 2 is 2.12 bits per heavy atom. The molecule has 4 heteroatoms. The summed E-state index contributed by atoms with van der Waals surface area (Å²) in [6.07, 6.45) is 3.89. The van der Waals surface area contributed by atoms with Crippen molar-refractivity contribution in [2.24, 2.45) is 5.92 Å². The molecule has 0 bridgehead atoms. The molecule has 2 rings (SSSR count). The average molecular weight is 226 g/mol. The van der Waals surface area contributed by atoms with Gasteiger partial charge in [-0.1, -0.05) is 0 Å². The van der Waals surface area contributed by atoms with Gasteiger partial charge in [0, 0.05) is 39.3 Å². The van der Waals surface area contributed by atoms with Crippen molar-refractivity contribution in [3.8, 4) is 0 Å². The molecule has 0 aliphatic carbocycles. The van der Waals surface area contributed by atoms with E-state index in [1.165, 1.54) is 0 Å². The van der Waals surface area contributed by atoms with Crippen LogP contribution in [0.2, 0.25) is 0 Å². The Bertz CT molecular complexity index is 233. The quantitative estimate of drug-likeness (QED) is 0.767. The molecule has 16 heavy (non-hydrogen) atoms. The molecule has 1 N–H and O–H groups in total. The van der Waals surface area contributed by atoms with Gasteiger partial charge in [-0.2, -0.15) is 0 Å². The molecular weight excluding hydrogens is 204 g/mol. The van der Waals surface area contributed by atoms with Crippen LogP contribution in [0.3, 0.4) is 0 Å². The molecule has 0 aromatic heterocycles. The van der Waals surface area contributed by atoms with Crippen LogP contribution < -0.4 is 5.32 Å². The number of carbonyl (C=O) groups is 1. The van der Waals surface area contributed by atoms with Crippen LogP contribution in [0.4, 0.5) is 0 Å². The number of rotatable bonds is 3. The Kier molecular flexibility index (Phi) is 4.18. The minimum absolute atomic E-state index is 0.306. The molecule has 2 saturated heterocycles. The SMILES string of the molecule is CN(C(=O)CC1CCOCC1)[C@@H]1CCNC1. The van der Waals surface area contributed by atoms with Crippen molar-refractivity contribution in [1.29, 1.82) is 0 Å². The summed E-state index contributed by atoms with van der Waals surface area (Å²) in [4.78, 5) is 14.0. The van der Waals surface area contributed by atoms with Crippen molar-refractivity contribution in [2.75, 3.05) is 33.4 Å². The molecule has 0 aromatic carbocycles. The Labute approximate surface area is 97.3 Å². The minimum Gasteiger partial charge on any atom is -0.381 e. The van der Waals surface area contributed by atoms with E-state index in [0.717, 1.165) is 45.6 Å². The first kappa shape index (κ1) is 11.9. The monoisotopic (exact) mass is 226 g/mol. The summed E-state index contributed by atoms with van der Waals surface area (Å²) < 4.78 is 5.31. The van der Waals surface area contributed by atoms with Crippen LogP contribution in [0.15, 0.2) is 0 Å². The molecule has 0 unspecified atom stereocenters. The van der Waals surface area contributed by atoms with E-state index in [2.05, 4.69) is 5.32 Å². The maximum absolute atomic E-state index is 12.1. The molecule has 2 aliphatic heterocycles. The van der Waals surface area contributed by atoms with E-state index < -0.39 is 0 Å². The average Bonchev–Trinajstić information content (AvgIpc) is 2.83. The van der Waals surface area contributed by atoms with Gasteiger partial charge in [0.05, 0.1) is 0 Å². The van der Waals surface area contributed by atoms with Gasteiger partial charge < -0.3 is 15.0 Å². The zero-order valence-corrected chi connectivity index (χ0v) is 10.1. The predicted molar refractivity (Wildman–Crippen MR) is 62.2 cm³/mol. The third-order valence-corrected chi connectivity index (χ3v) is 3.78. The van der Waals surface area contributed by atoms with Crippen molar-refractivity contribution < 1.29 is 9.53 Å². The first-order chi connectivity index (χ1) is 7.77. The lowest BCUT2D eigenvalue weighted by Gasteiger charge is -2.27. The summed E-state index contributed by atoms with van der Waals surface area (Å²) in [5.41, 5.74) is 0. The fraction of sp³-hybridized carbons (Fsp3) is 0.917. The van der Waals surface area contributed by atoms with Crippen LogP contribution in [0, 0.1) is 5.92 Å². The molecule has 1 amide bonds. The van der Waals surface area contributed by atoms with Gasteiger partial charge >= 0.3 is 0 Å². The van der Waals surface area contributed by atoms with E-state index in [-0.39, 0.29) is 0 Å². The van der Waals surface area contributed by atoms with E-state index >= 15 is 0 Å². The van der Waals surface area contributed by atoms with Gasteiger partial charge in [0.2, 0.25) is 5.91 Å². The smallest absolute Gasteiger partial charge is 0.222 e. The van der Waals surface area contributed by atoms with Crippen LogP contribution in [-0.2, 0) is 9.53 Å². The van der Waals surface area contributed by atoms with Crippen LogP contribution in [0.25, 0.3) is 0 Å². The Hall–Kier alpha value is -0.610. The number of hydrogen-bond donors (Lipinski definition) is 1. The van der Waals surface area contributed by atoms with E-state index in [4.69, 9.17) is 4.74 Å². The number of nitrogens with one attached hydrogen (secondary N) is 1. The van der Waals surface area contributed by atoms with Crippen molar-refractivity contribution in [2.45, 2.75) is 31.7 Å². The highest BCUT2D eigenvalue weighted by molar-refractivity contribution is 5.76. The van der Waals surface area contributed by atoms with Crippen molar-refractivity contribution in [3.05, 3.63) is 0 Å². The first-order valence-electron chi connectivity index (χ1n) is 6.31. The Balaban J connectivity index is 1.77. The lowest BCUT2D eigenvalue weighted by Crippen LogP contribution is -2.39. The third-order valence-electron chi connectivity index (χ3n) is 3.78. The second-order valence-electron chi connectivity index (χ2n) is 4.91.